The van der Waals surface area contributed by atoms with E-state index in [1.807, 2.05) is 13.8 Å². The van der Waals surface area contributed by atoms with Crippen molar-refractivity contribution < 1.29 is 14.8 Å². The number of anilines is 2. The first-order valence-electron chi connectivity index (χ1n) is 6.32. The van der Waals surface area contributed by atoms with Gasteiger partial charge in [0.25, 0.3) is 5.69 Å². The molecule has 1 heterocycles. The van der Waals surface area contributed by atoms with E-state index in [-0.39, 0.29) is 24.6 Å². The SMILES string of the molecule is CC(C)(CCO)Nc1cc2c(cc1[N+](=O)[O-])CC(=O)N2. The Morgan fingerprint density at radius 1 is 1.50 bits per heavy atom. The van der Waals surface area contributed by atoms with Gasteiger partial charge in [-0.3, -0.25) is 14.9 Å². The highest BCUT2D eigenvalue weighted by atomic mass is 16.6. The third kappa shape index (κ3) is 2.88. The van der Waals surface area contributed by atoms with E-state index < -0.39 is 10.5 Å². The lowest BCUT2D eigenvalue weighted by Crippen LogP contribution is -2.32. The second-order valence-electron chi connectivity index (χ2n) is 5.49. The van der Waals surface area contributed by atoms with Crippen molar-refractivity contribution in [2.75, 3.05) is 17.2 Å². The van der Waals surface area contributed by atoms with Gasteiger partial charge in [-0.25, -0.2) is 0 Å². The number of nitro benzene ring substituents is 1. The van der Waals surface area contributed by atoms with Gasteiger partial charge in [0.05, 0.1) is 11.3 Å². The van der Waals surface area contributed by atoms with Crippen molar-refractivity contribution in [1.82, 2.24) is 0 Å². The highest BCUT2D eigenvalue weighted by molar-refractivity contribution is 6.00. The summed E-state index contributed by atoms with van der Waals surface area (Å²) in [7, 11) is 0. The Bertz CT molecular complexity index is 569. The summed E-state index contributed by atoms with van der Waals surface area (Å²) in [5.41, 5.74) is 1.02. The lowest BCUT2D eigenvalue weighted by Gasteiger charge is -2.26. The fourth-order valence-electron chi connectivity index (χ4n) is 2.22. The molecular formula is C13H17N3O4. The first kappa shape index (κ1) is 14.3. The van der Waals surface area contributed by atoms with Crippen LogP contribution in [0.2, 0.25) is 0 Å². The average Bonchev–Trinajstić information content (AvgIpc) is 2.66. The molecule has 0 fully saturated rings. The van der Waals surface area contributed by atoms with E-state index in [9.17, 15) is 14.9 Å². The smallest absolute Gasteiger partial charge is 0.292 e. The number of nitrogens with one attached hydrogen (secondary N) is 2. The molecule has 0 unspecified atom stereocenters. The quantitative estimate of drug-likeness (QED) is 0.561. The van der Waals surface area contributed by atoms with Gasteiger partial charge in [0.2, 0.25) is 5.91 Å². The molecule has 2 rings (SSSR count). The van der Waals surface area contributed by atoms with E-state index in [0.717, 1.165) is 0 Å². The van der Waals surface area contributed by atoms with Crippen LogP contribution in [-0.4, -0.2) is 28.1 Å². The van der Waals surface area contributed by atoms with Crippen LogP contribution in [0.15, 0.2) is 12.1 Å². The summed E-state index contributed by atoms with van der Waals surface area (Å²) >= 11 is 0. The van der Waals surface area contributed by atoms with Crippen LogP contribution in [0.1, 0.15) is 25.8 Å². The number of nitro groups is 1. The number of amides is 1. The predicted molar refractivity (Wildman–Crippen MR) is 74.8 cm³/mol. The van der Waals surface area contributed by atoms with Gasteiger partial charge in [-0.1, -0.05) is 0 Å². The van der Waals surface area contributed by atoms with Gasteiger partial charge in [0.1, 0.15) is 5.69 Å². The largest absolute Gasteiger partial charge is 0.396 e. The molecule has 0 atom stereocenters. The summed E-state index contributed by atoms with van der Waals surface area (Å²) in [6.07, 6.45) is 0.615. The number of aliphatic hydroxyl groups is 1. The summed E-state index contributed by atoms with van der Waals surface area (Å²) in [4.78, 5) is 22.0. The molecule has 1 aromatic rings. The van der Waals surface area contributed by atoms with Crippen LogP contribution in [0.4, 0.5) is 17.1 Å². The van der Waals surface area contributed by atoms with Crippen molar-refractivity contribution in [3.63, 3.8) is 0 Å². The normalized spacial score (nSPS) is 13.8. The van der Waals surface area contributed by atoms with Crippen molar-refractivity contribution in [3.05, 3.63) is 27.8 Å². The first-order chi connectivity index (χ1) is 9.32. The van der Waals surface area contributed by atoms with Crippen molar-refractivity contribution >= 4 is 23.0 Å². The standard InChI is InChI=1S/C13H17N3O4/c1-13(2,3-4-17)15-10-7-9-8(6-12(18)14-9)5-11(10)16(19)20/h5,7,15,17H,3-4,6H2,1-2H3,(H,14,18). The third-order valence-corrected chi connectivity index (χ3v) is 3.25. The number of hydrogen-bond acceptors (Lipinski definition) is 5. The molecule has 1 aromatic carbocycles. The van der Waals surface area contributed by atoms with Crippen LogP contribution < -0.4 is 10.6 Å². The minimum atomic E-state index is -0.490. The number of rotatable bonds is 5. The molecule has 20 heavy (non-hydrogen) atoms. The topological polar surface area (TPSA) is 104 Å². The molecule has 0 aromatic heterocycles. The molecule has 0 saturated carbocycles. The van der Waals surface area contributed by atoms with Crippen LogP contribution in [0, 0.1) is 10.1 Å². The van der Waals surface area contributed by atoms with Gasteiger partial charge in [-0.15, -0.1) is 0 Å². The van der Waals surface area contributed by atoms with E-state index in [4.69, 9.17) is 5.11 Å². The monoisotopic (exact) mass is 279 g/mol. The molecule has 7 nitrogen and oxygen atoms in total. The molecular weight excluding hydrogens is 262 g/mol. The fraction of sp³-hybridized carbons (Fsp3) is 0.462. The van der Waals surface area contributed by atoms with Crippen molar-refractivity contribution in [2.45, 2.75) is 32.2 Å². The van der Waals surface area contributed by atoms with E-state index in [0.29, 0.717) is 23.4 Å². The maximum absolute atomic E-state index is 11.3. The van der Waals surface area contributed by atoms with Crippen molar-refractivity contribution in [1.29, 1.82) is 0 Å². The van der Waals surface area contributed by atoms with Gasteiger partial charge < -0.3 is 15.7 Å². The van der Waals surface area contributed by atoms with Crippen molar-refractivity contribution in [3.8, 4) is 0 Å². The van der Waals surface area contributed by atoms with E-state index in [2.05, 4.69) is 10.6 Å². The summed E-state index contributed by atoms with van der Waals surface area (Å²) in [5.74, 6) is -0.166. The van der Waals surface area contributed by atoms with Gasteiger partial charge in [0, 0.05) is 23.9 Å². The molecule has 3 N–H and O–H groups in total. The molecule has 0 bridgehead atoms. The number of aliphatic hydroxyl groups excluding tert-OH is 1. The average molecular weight is 279 g/mol. The second kappa shape index (κ2) is 5.09. The number of carbonyl (C=O) groups excluding carboxylic acids is 1. The molecule has 0 spiro atoms. The summed E-state index contributed by atoms with van der Waals surface area (Å²) in [6.45, 7) is 3.67. The Morgan fingerprint density at radius 2 is 2.20 bits per heavy atom. The molecule has 108 valence electrons. The fourth-order valence-corrected chi connectivity index (χ4v) is 2.22. The first-order valence-corrected chi connectivity index (χ1v) is 6.32. The number of nitrogens with zero attached hydrogens (tertiary/aromatic N) is 1. The van der Waals surface area contributed by atoms with Crippen LogP contribution >= 0.6 is 0 Å². The van der Waals surface area contributed by atoms with Gasteiger partial charge >= 0.3 is 0 Å². The lowest BCUT2D eigenvalue weighted by atomic mass is 10.00. The predicted octanol–water partition coefficient (Wildman–Crippen LogP) is 1.66. The van der Waals surface area contributed by atoms with E-state index >= 15 is 0 Å². The lowest BCUT2D eigenvalue weighted by molar-refractivity contribution is -0.384. The number of hydrogen-bond donors (Lipinski definition) is 3. The third-order valence-electron chi connectivity index (χ3n) is 3.25. The summed E-state index contributed by atoms with van der Waals surface area (Å²) < 4.78 is 0. The Balaban J connectivity index is 2.39. The Morgan fingerprint density at radius 3 is 2.80 bits per heavy atom. The van der Waals surface area contributed by atoms with E-state index in [1.165, 1.54) is 6.07 Å². The Kier molecular flexibility index (Phi) is 3.63. The maximum atomic E-state index is 11.3. The Labute approximate surface area is 116 Å². The molecule has 0 saturated heterocycles. The molecule has 1 amide bonds. The van der Waals surface area contributed by atoms with Crippen LogP contribution in [-0.2, 0) is 11.2 Å². The number of carbonyl (C=O) groups is 1. The maximum Gasteiger partial charge on any atom is 0.292 e. The van der Waals surface area contributed by atoms with Crippen LogP contribution in [0.5, 0.6) is 0 Å². The zero-order chi connectivity index (χ0) is 14.9. The molecule has 1 aliphatic rings. The second-order valence-corrected chi connectivity index (χ2v) is 5.49. The molecule has 7 heteroatoms. The minimum Gasteiger partial charge on any atom is -0.396 e. The highest BCUT2D eigenvalue weighted by Crippen LogP contribution is 2.36. The van der Waals surface area contributed by atoms with Gasteiger partial charge in [-0.05, 0) is 31.9 Å². The van der Waals surface area contributed by atoms with Crippen LogP contribution in [0.3, 0.4) is 0 Å². The van der Waals surface area contributed by atoms with Crippen molar-refractivity contribution in [2.24, 2.45) is 0 Å². The molecule has 1 aliphatic heterocycles. The molecule has 0 radical (unpaired) electrons. The van der Waals surface area contributed by atoms with Crippen LogP contribution in [0.25, 0.3) is 0 Å². The molecule has 0 aliphatic carbocycles. The van der Waals surface area contributed by atoms with E-state index in [1.54, 1.807) is 6.07 Å². The summed E-state index contributed by atoms with van der Waals surface area (Å²) in [6, 6.07) is 3.00. The summed E-state index contributed by atoms with van der Waals surface area (Å²) in [5, 5.41) is 25.9. The van der Waals surface area contributed by atoms with Gasteiger partial charge in [0.15, 0.2) is 0 Å². The zero-order valence-corrected chi connectivity index (χ0v) is 11.4. The minimum absolute atomic E-state index is 0.0184. The van der Waals surface area contributed by atoms with Gasteiger partial charge in [-0.2, -0.15) is 0 Å². The number of fused-ring (bicyclic) bond motifs is 1. The Hall–Kier alpha value is -2.15. The number of benzene rings is 1. The highest BCUT2D eigenvalue weighted by Gasteiger charge is 2.27. The zero-order valence-electron chi connectivity index (χ0n) is 11.4.